The first-order chi connectivity index (χ1) is 7.24. The van der Waals surface area contributed by atoms with Gasteiger partial charge >= 0.3 is 0 Å². The van der Waals surface area contributed by atoms with Gasteiger partial charge in [0.2, 0.25) is 0 Å². The molecule has 1 aliphatic rings. The molecule has 1 rings (SSSR count). The molecule has 0 amide bonds. The number of nitrogens with one attached hydrogen (secondary N) is 1. The molecule has 0 spiro atoms. The van der Waals surface area contributed by atoms with Crippen LogP contribution in [0.15, 0.2) is 0 Å². The summed E-state index contributed by atoms with van der Waals surface area (Å²) in [6.45, 7) is 11.8. The predicted octanol–water partition coefficient (Wildman–Crippen LogP) is 2.06. The van der Waals surface area contributed by atoms with E-state index in [0.29, 0.717) is 6.04 Å². The molecular weight excluding hydrogens is 204 g/mol. The Hall–Kier alpha value is 0.270. The fourth-order valence-corrected chi connectivity index (χ4v) is 2.81. The second kappa shape index (κ2) is 7.53. The summed E-state index contributed by atoms with van der Waals surface area (Å²) in [5.41, 5.74) is 0. The molecular formula is C12H26N2S. The largest absolute Gasteiger partial charge is 0.313 e. The minimum absolute atomic E-state index is 0.661. The van der Waals surface area contributed by atoms with Gasteiger partial charge in [0.05, 0.1) is 0 Å². The number of hydrogen-bond donors (Lipinski definition) is 1. The number of hydrogen-bond acceptors (Lipinski definition) is 3. The first kappa shape index (κ1) is 13.3. The number of thioether (sulfide) groups is 1. The molecule has 15 heavy (non-hydrogen) atoms. The number of nitrogens with zero attached hydrogens (tertiary/aromatic N) is 1. The van der Waals surface area contributed by atoms with E-state index in [1.54, 1.807) is 0 Å². The monoisotopic (exact) mass is 230 g/mol. The highest BCUT2D eigenvalue weighted by molar-refractivity contribution is 7.99. The molecule has 0 aromatic carbocycles. The van der Waals surface area contributed by atoms with Gasteiger partial charge in [-0.1, -0.05) is 20.3 Å². The van der Waals surface area contributed by atoms with Crippen molar-refractivity contribution in [2.75, 3.05) is 37.7 Å². The molecule has 0 aliphatic carbocycles. The van der Waals surface area contributed by atoms with E-state index in [9.17, 15) is 0 Å². The van der Waals surface area contributed by atoms with E-state index in [1.165, 1.54) is 37.6 Å². The van der Waals surface area contributed by atoms with Crippen LogP contribution < -0.4 is 5.32 Å². The molecule has 3 heteroatoms. The summed E-state index contributed by atoms with van der Waals surface area (Å²) >= 11 is 2.08. The third kappa shape index (κ3) is 5.23. The smallest absolute Gasteiger partial charge is 0.0108 e. The maximum absolute atomic E-state index is 3.63. The lowest BCUT2D eigenvalue weighted by Gasteiger charge is -2.27. The van der Waals surface area contributed by atoms with Gasteiger partial charge in [-0.15, -0.1) is 0 Å². The fraction of sp³-hybridized carbons (Fsp3) is 1.00. The standard InChI is InChI=1S/C12H26N2S/c1-4-11(2)12(3)13-5-6-14-7-9-15-10-8-14/h11-13H,4-10H2,1-3H3. The summed E-state index contributed by atoms with van der Waals surface area (Å²) in [6.07, 6.45) is 1.27. The molecule has 0 bridgehead atoms. The average Bonchev–Trinajstić information content (AvgIpc) is 2.29. The Morgan fingerprint density at radius 1 is 1.27 bits per heavy atom. The zero-order chi connectivity index (χ0) is 11.1. The van der Waals surface area contributed by atoms with Crippen LogP contribution in [0.5, 0.6) is 0 Å². The summed E-state index contributed by atoms with van der Waals surface area (Å²) in [5.74, 6) is 3.43. The van der Waals surface area contributed by atoms with Crippen LogP contribution in [0.25, 0.3) is 0 Å². The van der Waals surface area contributed by atoms with E-state index in [2.05, 4.69) is 42.7 Å². The Labute approximate surface area is 99.2 Å². The Balaban J connectivity index is 2.04. The van der Waals surface area contributed by atoms with Crippen molar-refractivity contribution in [3.05, 3.63) is 0 Å². The predicted molar refractivity (Wildman–Crippen MR) is 70.7 cm³/mol. The van der Waals surface area contributed by atoms with Gasteiger partial charge < -0.3 is 10.2 Å². The van der Waals surface area contributed by atoms with Crippen LogP contribution in [0.4, 0.5) is 0 Å². The maximum Gasteiger partial charge on any atom is 0.0108 e. The van der Waals surface area contributed by atoms with Gasteiger partial charge in [-0.3, -0.25) is 0 Å². The van der Waals surface area contributed by atoms with Crippen molar-refractivity contribution in [1.29, 1.82) is 0 Å². The molecule has 0 aromatic rings. The van der Waals surface area contributed by atoms with Crippen molar-refractivity contribution >= 4 is 11.8 Å². The van der Waals surface area contributed by atoms with Crippen molar-refractivity contribution in [2.24, 2.45) is 5.92 Å². The minimum Gasteiger partial charge on any atom is -0.313 e. The Morgan fingerprint density at radius 2 is 1.93 bits per heavy atom. The van der Waals surface area contributed by atoms with Crippen molar-refractivity contribution in [3.8, 4) is 0 Å². The minimum atomic E-state index is 0.661. The van der Waals surface area contributed by atoms with Gasteiger partial charge in [-0.05, 0) is 12.8 Å². The van der Waals surface area contributed by atoms with E-state index in [0.717, 1.165) is 12.5 Å². The zero-order valence-corrected chi connectivity index (χ0v) is 11.3. The quantitative estimate of drug-likeness (QED) is 0.752. The first-order valence-electron chi connectivity index (χ1n) is 6.27. The second-order valence-electron chi connectivity index (χ2n) is 4.58. The molecule has 1 heterocycles. The first-order valence-corrected chi connectivity index (χ1v) is 7.43. The van der Waals surface area contributed by atoms with Crippen molar-refractivity contribution < 1.29 is 0 Å². The SMILES string of the molecule is CCC(C)C(C)NCCN1CCSCC1. The van der Waals surface area contributed by atoms with Crippen molar-refractivity contribution in [2.45, 2.75) is 33.2 Å². The van der Waals surface area contributed by atoms with Gasteiger partial charge in [0, 0.05) is 43.7 Å². The van der Waals surface area contributed by atoms with Crippen LogP contribution in [-0.4, -0.2) is 48.6 Å². The summed E-state index contributed by atoms with van der Waals surface area (Å²) < 4.78 is 0. The molecule has 1 aliphatic heterocycles. The van der Waals surface area contributed by atoms with E-state index < -0.39 is 0 Å². The van der Waals surface area contributed by atoms with Gasteiger partial charge in [-0.25, -0.2) is 0 Å². The summed E-state index contributed by atoms with van der Waals surface area (Å²) in [4.78, 5) is 2.58. The summed E-state index contributed by atoms with van der Waals surface area (Å²) in [7, 11) is 0. The van der Waals surface area contributed by atoms with Gasteiger partial charge in [-0.2, -0.15) is 11.8 Å². The molecule has 1 N–H and O–H groups in total. The Morgan fingerprint density at radius 3 is 2.53 bits per heavy atom. The van der Waals surface area contributed by atoms with Crippen LogP contribution >= 0.6 is 11.8 Å². The molecule has 0 saturated carbocycles. The molecule has 0 radical (unpaired) electrons. The van der Waals surface area contributed by atoms with Crippen molar-refractivity contribution in [1.82, 2.24) is 10.2 Å². The van der Waals surface area contributed by atoms with Crippen LogP contribution in [0.2, 0.25) is 0 Å². The Bertz CT molecular complexity index is 156. The lowest BCUT2D eigenvalue weighted by Crippen LogP contribution is -2.41. The highest BCUT2D eigenvalue weighted by atomic mass is 32.2. The molecule has 2 atom stereocenters. The topological polar surface area (TPSA) is 15.3 Å². The van der Waals surface area contributed by atoms with Gasteiger partial charge in [0.1, 0.15) is 0 Å². The summed E-state index contributed by atoms with van der Waals surface area (Å²) in [6, 6.07) is 0.661. The van der Waals surface area contributed by atoms with E-state index >= 15 is 0 Å². The van der Waals surface area contributed by atoms with E-state index in [-0.39, 0.29) is 0 Å². The van der Waals surface area contributed by atoms with Crippen LogP contribution in [0.3, 0.4) is 0 Å². The summed E-state index contributed by atoms with van der Waals surface area (Å²) in [5, 5.41) is 3.63. The molecule has 2 nitrogen and oxygen atoms in total. The third-order valence-corrected chi connectivity index (χ3v) is 4.44. The van der Waals surface area contributed by atoms with Crippen LogP contribution in [0, 0.1) is 5.92 Å². The van der Waals surface area contributed by atoms with E-state index in [4.69, 9.17) is 0 Å². The van der Waals surface area contributed by atoms with Crippen LogP contribution in [-0.2, 0) is 0 Å². The van der Waals surface area contributed by atoms with Crippen LogP contribution in [0.1, 0.15) is 27.2 Å². The highest BCUT2D eigenvalue weighted by Gasteiger charge is 2.12. The highest BCUT2D eigenvalue weighted by Crippen LogP contribution is 2.09. The van der Waals surface area contributed by atoms with Gasteiger partial charge in [0.15, 0.2) is 0 Å². The normalized spacial score (nSPS) is 22.6. The third-order valence-electron chi connectivity index (χ3n) is 3.50. The molecule has 2 unspecified atom stereocenters. The van der Waals surface area contributed by atoms with E-state index in [1.807, 2.05) is 0 Å². The fourth-order valence-electron chi connectivity index (χ4n) is 1.83. The lowest BCUT2D eigenvalue weighted by atomic mass is 10.0. The average molecular weight is 230 g/mol. The Kier molecular flexibility index (Phi) is 6.69. The molecule has 0 aromatic heterocycles. The number of rotatable bonds is 6. The molecule has 1 fully saturated rings. The second-order valence-corrected chi connectivity index (χ2v) is 5.81. The molecule has 1 saturated heterocycles. The maximum atomic E-state index is 3.63. The van der Waals surface area contributed by atoms with Crippen molar-refractivity contribution in [3.63, 3.8) is 0 Å². The molecule has 90 valence electrons. The lowest BCUT2D eigenvalue weighted by molar-refractivity contribution is 0.286. The zero-order valence-electron chi connectivity index (χ0n) is 10.5. The van der Waals surface area contributed by atoms with Gasteiger partial charge in [0.25, 0.3) is 0 Å².